The summed E-state index contributed by atoms with van der Waals surface area (Å²) in [6, 6.07) is 12.6. The minimum absolute atomic E-state index is 0.139. The quantitative estimate of drug-likeness (QED) is 0.193. The predicted molar refractivity (Wildman–Crippen MR) is 147 cm³/mol. The molecule has 7 heteroatoms. The van der Waals surface area contributed by atoms with Crippen molar-refractivity contribution in [1.29, 1.82) is 0 Å². The van der Waals surface area contributed by atoms with E-state index in [1.807, 2.05) is 30.7 Å². The van der Waals surface area contributed by atoms with Crippen molar-refractivity contribution >= 4 is 41.0 Å². The van der Waals surface area contributed by atoms with E-state index in [9.17, 15) is 9.59 Å². The van der Waals surface area contributed by atoms with Gasteiger partial charge < -0.3 is 15.4 Å². The van der Waals surface area contributed by atoms with Crippen LogP contribution in [0.1, 0.15) is 72.6 Å². The first-order valence-electron chi connectivity index (χ1n) is 12.1. The second-order valence-corrected chi connectivity index (χ2v) is 9.95. The Labute approximate surface area is 213 Å². The maximum absolute atomic E-state index is 12.8. The van der Waals surface area contributed by atoms with Crippen LogP contribution in [0.4, 0.5) is 5.69 Å². The average molecular weight is 503 g/mol. The molecule has 2 rings (SSSR count). The van der Waals surface area contributed by atoms with E-state index >= 15 is 0 Å². The third-order valence-corrected chi connectivity index (χ3v) is 6.84. The molecule has 0 saturated heterocycles. The van der Waals surface area contributed by atoms with E-state index < -0.39 is 0 Å². The van der Waals surface area contributed by atoms with Gasteiger partial charge in [0.25, 0.3) is 11.8 Å². The number of unbranched alkanes of at least 4 members (excludes halogenated alkanes) is 6. The van der Waals surface area contributed by atoms with Crippen molar-refractivity contribution in [3.05, 3.63) is 53.6 Å². The molecule has 34 heavy (non-hydrogen) atoms. The van der Waals surface area contributed by atoms with Crippen LogP contribution >= 0.6 is 23.5 Å². The van der Waals surface area contributed by atoms with Crippen LogP contribution in [0.2, 0.25) is 0 Å². The Morgan fingerprint density at radius 2 is 1.53 bits per heavy atom. The van der Waals surface area contributed by atoms with Crippen molar-refractivity contribution in [3.8, 4) is 5.75 Å². The van der Waals surface area contributed by atoms with Crippen LogP contribution in [-0.4, -0.2) is 43.2 Å². The van der Waals surface area contributed by atoms with Gasteiger partial charge in [-0.25, -0.2) is 0 Å². The molecule has 0 spiro atoms. The second kappa shape index (κ2) is 16.5. The zero-order chi connectivity index (χ0) is 24.6. The highest BCUT2D eigenvalue weighted by Crippen LogP contribution is 2.27. The number of rotatable bonds is 16. The summed E-state index contributed by atoms with van der Waals surface area (Å²) in [7, 11) is 0. The normalized spacial score (nSPS) is 10.7. The Morgan fingerprint density at radius 1 is 0.853 bits per heavy atom. The number of hydrogen-bond acceptors (Lipinski definition) is 5. The summed E-state index contributed by atoms with van der Waals surface area (Å²) in [6.45, 7) is 3.54. The van der Waals surface area contributed by atoms with E-state index in [0.717, 1.165) is 22.8 Å². The van der Waals surface area contributed by atoms with Crippen LogP contribution in [0, 0.1) is 0 Å². The molecular weight excluding hydrogens is 464 g/mol. The van der Waals surface area contributed by atoms with Gasteiger partial charge in [-0.1, -0.05) is 45.4 Å². The lowest BCUT2D eigenvalue weighted by Gasteiger charge is -2.12. The van der Waals surface area contributed by atoms with Crippen molar-refractivity contribution < 1.29 is 14.3 Å². The number of benzene rings is 2. The van der Waals surface area contributed by atoms with Gasteiger partial charge in [-0.15, -0.1) is 11.8 Å². The van der Waals surface area contributed by atoms with Gasteiger partial charge >= 0.3 is 0 Å². The molecule has 2 aromatic carbocycles. The Hall–Kier alpha value is -2.12. The third-order valence-electron chi connectivity index (χ3n) is 5.43. The van der Waals surface area contributed by atoms with Gasteiger partial charge in [-0.3, -0.25) is 9.59 Å². The van der Waals surface area contributed by atoms with E-state index in [-0.39, 0.29) is 11.8 Å². The lowest BCUT2D eigenvalue weighted by molar-refractivity contribution is 0.0954. The molecule has 0 radical (unpaired) electrons. The van der Waals surface area contributed by atoms with Gasteiger partial charge in [-0.05, 0) is 61.4 Å². The van der Waals surface area contributed by atoms with Gasteiger partial charge in [0.15, 0.2) is 0 Å². The molecule has 5 nitrogen and oxygen atoms in total. The van der Waals surface area contributed by atoms with Crippen molar-refractivity contribution in [2.24, 2.45) is 0 Å². The first-order chi connectivity index (χ1) is 16.6. The zero-order valence-corrected chi connectivity index (χ0v) is 22.3. The maximum atomic E-state index is 12.8. The molecule has 0 saturated carbocycles. The predicted octanol–water partition coefficient (Wildman–Crippen LogP) is 6.88. The molecule has 2 N–H and O–H groups in total. The van der Waals surface area contributed by atoms with Crippen LogP contribution in [0.25, 0.3) is 0 Å². The molecule has 0 aliphatic heterocycles. The highest BCUT2D eigenvalue weighted by atomic mass is 32.2. The third kappa shape index (κ3) is 10.0. The number of anilines is 1. The molecule has 2 aromatic rings. The number of thioether (sulfide) groups is 2. The van der Waals surface area contributed by atoms with Crippen molar-refractivity contribution in [1.82, 2.24) is 5.32 Å². The summed E-state index contributed by atoms with van der Waals surface area (Å²) >= 11 is 3.21. The molecule has 186 valence electrons. The van der Waals surface area contributed by atoms with E-state index in [1.54, 1.807) is 36.0 Å². The standard InChI is InChI=1S/C27H38N2O3S2/c1-4-5-6-7-8-9-10-18-32-23-14-11-21(12-15-23)27(31)29-24-20-22(13-16-25(24)34-3)26(30)28-17-19-33-2/h11-16,20H,4-10,17-19H2,1-3H3,(H,28,30)(H,29,31). The number of ether oxygens (including phenoxy) is 1. The fourth-order valence-electron chi connectivity index (χ4n) is 3.46. The molecular formula is C27H38N2O3S2. The van der Waals surface area contributed by atoms with E-state index in [0.29, 0.717) is 30.0 Å². The summed E-state index contributed by atoms with van der Waals surface area (Å²) in [6.07, 6.45) is 12.7. The van der Waals surface area contributed by atoms with Gasteiger partial charge in [0.05, 0.1) is 12.3 Å². The first kappa shape index (κ1) is 28.1. The number of hydrogen-bond donors (Lipinski definition) is 2. The largest absolute Gasteiger partial charge is 0.494 e. The number of amides is 2. The van der Waals surface area contributed by atoms with E-state index in [2.05, 4.69) is 17.6 Å². The molecule has 0 bridgehead atoms. The Balaban J connectivity index is 1.87. The smallest absolute Gasteiger partial charge is 0.255 e. The fraction of sp³-hybridized carbons (Fsp3) is 0.481. The minimum atomic E-state index is -0.214. The highest BCUT2D eigenvalue weighted by molar-refractivity contribution is 7.98. The monoisotopic (exact) mass is 502 g/mol. The van der Waals surface area contributed by atoms with Crippen LogP contribution in [-0.2, 0) is 0 Å². The fourth-order valence-corrected chi connectivity index (χ4v) is 4.30. The Kier molecular flexibility index (Phi) is 13.6. The maximum Gasteiger partial charge on any atom is 0.255 e. The number of nitrogens with one attached hydrogen (secondary N) is 2. The molecule has 2 amide bonds. The summed E-state index contributed by atoms with van der Waals surface area (Å²) in [4.78, 5) is 26.1. The van der Waals surface area contributed by atoms with E-state index in [4.69, 9.17) is 4.74 Å². The average Bonchev–Trinajstić information content (AvgIpc) is 2.86. The SMILES string of the molecule is CCCCCCCCCOc1ccc(C(=O)Nc2cc(C(=O)NCCSC)ccc2SC)cc1. The molecule has 0 unspecified atom stereocenters. The Morgan fingerprint density at radius 3 is 2.21 bits per heavy atom. The number of carbonyl (C=O) groups excluding carboxylic acids is 2. The van der Waals surface area contributed by atoms with Crippen LogP contribution in [0.5, 0.6) is 5.75 Å². The van der Waals surface area contributed by atoms with Gasteiger partial charge in [-0.2, -0.15) is 11.8 Å². The molecule has 0 atom stereocenters. The lowest BCUT2D eigenvalue weighted by Crippen LogP contribution is -2.25. The molecule has 0 aliphatic carbocycles. The van der Waals surface area contributed by atoms with E-state index in [1.165, 1.54) is 50.3 Å². The summed E-state index contributed by atoms with van der Waals surface area (Å²) in [5.74, 6) is 1.28. The van der Waals surface area contributed by atoms with Crippen LogP contribution in [0.3, 0.4) is 0 Å². The molecule has 0 heterocycles. The summed E-state index contributed by atoms with van der Waals surface area (Å²) < 4.78 is 5.82. The molecule has 0 aromatic heterocycles. The minimum Gasteiger partial charge on any atom is -0.494 e. The van der Waals surface area contributed by atoms with Crippen molar-refractivity contribution in [2.45, 2.75) is 56.8 Å². The lowest BCUT2D eigenvalue weighted by atomic mass is 10.1. The molecule has 0 fully saturated rings. The molecule has 0 aliphatic rings. The highest BCUT2D eigenvalue weighted by Gasteiger charge is 2.13. The topological polar surface area (TPSA) is 67.4 Å². The Bertz CT molecular complexity index is 888. The number of carbonyl (C=O) groups is 2. The summed E-state index contributed by atoms with van der Waals surface area (Å²) in [5, 5.41) is 5.85. The van der Waals surface area contributed by atoms with Gasteiger partial charge in [0.1, 0.15) is 5.75 Å². The van der Waals surface area contributed by atoms with Gasteiger partial charge in [0, 0.05) is 28.3 Å². The van der Waals surface area contributed by atoms with Crippen LogP contribution in [0.15, 0.2) is 47.4 Å². The second-order valence-electron chi connectivity index (χ2n) is 8.11. The zero-order valence-electron chi connectivity index (χ0n) is 20.7. The van der Waals surface area contributed by atoms with Crippen LogP contribution < -0.4 is 15.4 Å². The first-order valence-corrected chi connectivity index (χ1v) is 14.7. The van der Waals surface area contributed by atoms with Gasteiger partial charge in [0.2, 0.25) is 0 Å². The van der Waals surface area contributed by atoms with Crippen molar-refractivity contribution in [2.75, 3.05) is 36.7 Å². The summed E-state index contributed by atoms with van der Waals surface area (Å²) in [5.41, 5.74) is 1.71. The van der Waals surface area contributed by atoms with Crippen molar-refractivity contribution in [3.63, 3.8) is 0 Å².